The fraction of sp³-hybridized carbons (Fsp3) is 0.190. The molecule has 9 nitrogen and oxygen atoms in total. The maximum absolute atomic E-state index is 14.8. The van der Waals surface area contributed by atoms with Crippen LogP contribution in [0.1, 0.15) is 5.56 Å². The van der Waals surface area contributed by atoms with Gasteiger partial charge < -0.3 is 25.3 Å². The van der Waals surface area contributed by atoms with Crippen LogP contribution in [0, 0.1) is 5.82 Å². The number of nitrogens with two attached hydrogens (primary N) is 1. The molecular weight excluding hydrogens is 403 g/mol. The van der Waals surface area contributed by atoms with Crippen LogP contribution in [-0.2, 0) is 13.6 Å². The third-order valence-electron chi connectivity index (χ3n) is 5.06. The van der Waals surface area contributed by atoms with Gasteiger partial charge in [-0.2, -0.15) is 10.1 Å². The molecular formula is C21H19FN6O3. The number of halogens is 1. The van der Waals surface area contributed by atoms with Gasteiger partial charge in [0.1, 0.15) is 17.4 Å². The van der Waals surface area contributed by atoms with Gasteiger partial charge in [-0.25, -0.2) is 9.37 Å². The van der Waals surface area contributed by atoms with E-state index in [0.717, 1.165) is 5.56 Å². The smallest absolute Gasteiger partial charge is 0.231 e. The van der Waals surface area contributed by atoms with Crippen molar-refractivity contribution in [2.24, 2.45) is 7.05 Å². The van der Waals surface area contributed by atoms with Crippen LogP contribution in [0.2, 0.25) is 0 Å². The Bertz CT molecular complexity index is 1310. The molecule has 31 heavy (non-hydrogen) atoms. The average Bonchev–Trinajstić information content (AvgIpc) is 3.35. The van der Waals surface area contributed by atoms with E-state index in [2.05, 4.69) is 20.4 Å². The number of anilines is 2. The van der Waals surface area contributed by atoms with Crippen molar-refractivity contribution in [1.29, 1.82) is 0 Å². The second-order valence-corrected chi connectivity index (χ2v) is 6.99. The van der Waals surface area contributed by atoms with Crippen molar-refractivity contribution in [3.63, 3.8) is 0 Å². The lowest BCUT2D eigenvalue weighted by atomic mass is 10.1. The summed E-state index contributed by atoms with van der Waals surface area (Å²) in [5.74, 6) is 1.98. The quantitative estimate of drug-likeness (QED) is 0.505. The maximum atomic E-state index is 14.8. The Balaban J connectivity index is 1.54. The normalized spacial score (nSPS) is 12.4. The summed E-state index contributed by atoms with van der Waals surface area (Å²) >= 11 is 0. The number of nitrogens with one attached hydrogen (secondary N) is 1. The summed E-state index contributed by atoms with van der Waals surface area (Å²) in [6.45, 7) is 0.638. The van der Waals surface area contributed by atoms with Crippen LogP contribution in [0.5, 0.6) is 17.2 Å². The molecule has 0 saturated carbocycles. The van der Waals surface area contributed by atoms with Crippen molar-refractivity contribution >= 4 is 22.8 Å². The Morgan fingerprint density at radius 2 is 2.00 bits per heavy atom. The van der Waals surface area contributed by atoms with Gasteiger partial charge in [-0.15, -0.1) is 0 Å². The van der Waals surface area contributed by atoms with E-state index in [9.17, 15) is 4.39 Å². The second kappa shape index (κ2) is 7.31. The van der Waals surface area contributed by atoms with E-state index in [0.29, 0.717) is 52.3 Å². The second-order valence-electron chi connectivity index (χ2n) is 6.99. The van der Waals surface area contributed by atoms with Gasteiger partial charge in [-0.05, 0) is 29.8 Å². The van der Waals surface area contributed by atoms with Crippen LogP contribution in [-0.4, -0.2) is 33.7 Å². The minimum atomic E-state index is -0.482. The Hall–Kier alpha value is -4.08. The van der Waals surface area contributed by atoms with Crippen LogP contribution in [0.3, 0.4) is 0 Å². The standard InChI is InChI=1S/C21H19FN6O3/c1-28-19(23)17-18(13-5-4-12(29-2)8-14(13)22)25-21(26-20(17)27-28)24-9-11-3-6-15-16(7-11)31-10-30-15/h3-8H,9-10,23H2,1-2H3,(H,24,26,27). The van der Waals surface area contributed by atoms with Crippen LogP contribution >= 0.6 is 0 Å². The number of fused-ring (bicyclic) bond motifs is 2. The number of hydrogen-bond acceptors (Lipinski definition) is 8. The van der Waals surface area contributed by atoms with E-state index in [4.69, 9.17) is 19.9 Å². The van der Waals surface area contributed by atoms with E-state index in [1.807, 2.05) is 18.2 Å². The van der Waals surface area contributed by atoms with Gasteiger partial charge in [0.05, 0.1) is 18.2 Å². The summed E-state index contributed by atoms with van der Waals surface area (Å²) in [4.78, 5) is 9.01. The average molecular weight is 422 g/mol. The molecule has 1 aliphatic rings. The molecule has 2 aromatic carbocycles. The molecule has 4 aromatic rings. The molecule has 0 spiro atoms. The fourth-order valence-corrected chi connectivity index (χ4v) is 3.44. The summed E-state index contributed by atoms with van der Waals surface area (Å²) in [5, 5.41) is 8.00. The third-order valence-corrected chi connectivity index (χ3v) is 5.06. The number of benzene rings is 2. The molecule has 0 amide bonds. The van der Waals surface area contributed by atoms with Gasteiger partial charge >= 0.3 is 0 Å². The first-order valence-corrected chi connectivity index (χ1v) is 9.50. The first-order chi connectivity index (χ1) is 15.0. The van der Waals surface area contributed by atoms with Crippen LogP contribution in [0.4, 0.5) is 16.2 Å². The van der Waals surface area contributed by atoms with Gasteiger partial charge in [0.25, 0.3) is 0 Å². The lowest BCUT2D eigenvalue weighted by molar-refractivity contribution is 0.174. The van der Waals surface area contributed by atoms with Crippen LogP contribution < -0.4 is 25.3 Å². The number of nitrogen functional groups attached to an aromatic ring is 1. The largest absolute Gasteiger partial charge is 0.497 e. The van der Waals surface area contributed by atoms with Crippen molar-refractivity contribution in [2.75, 3.05) is 25.0 Å². The van der Waals surface area contributed by atoms with Gasteiger partial charge in [0.2, 0.25) is 12.7 Å². The number of hydrogen-bond donors (Lipinski definition) is 2. The van der Waals surface area contributed by atoms with Crippen LogP contribution in [0.15, 0.2) is 36.4 Å². The number of aryl methyl sites for hydroxylation is 1. The van der Waals surface area contributed by atoms with Crippen molar-refractivity contribution in [1.82, 2.24) is 19.7 Å². The van der Waals surface area contributed by atoms with Gasteiger partial charge in [-0.3, -0.25) is 4.68 Å². The zero-order chi connectivity index (χ0) is 21.5. The summed E-state index contributed by atoms with van der Waals surface area (Å²) < 4.78 is 32.2. The van der Waals surface area contributed by atoms with Gasteiger partial charge in [0.15, 0.2) is 17.1 Å². The zero-order valence-corrected chi connectivity index (χ0v) is 16.8. The summed E-state index contributed by atoms with van der Waals surface area (Å²) in [7, 11) is 3.18. The molecule has 158 valence electrons. The molecule has 0 saturated heterocycles. The summed E-state index contributed by atoms with van der Waals surface area (Å²) in [5.41, 5.74) is 8.12. The molecule has 0 radical (unpaired) electrons. The summed E-state index contributed by atoms with van der Waals surface area (Å²) in [6, 6.07) is 10.2. The Morgan fingerprint density at radius 3 is 2.81 bits per heavy atom. The van der Waals surface area contributed by atoms with E-state index >= 15 is 0 Å². The van der Waals surface area contributed by atoms with Crippen molar-refractivity contribution in [2.45, 2.75) is 6.54 Å². The lowest BCUT2D eigenvalue weighted by Gasteiger charge is -2.10. The Morgan fingerprint density at radius 1 is 1.16 bits per heavy atom. The van der Waals surface area contributed by atoms with Crippen molar-refractivity contribution in [3.8, 4) is 28.5 Å². The van der Waals surface area contributed by atoms with E-state index < -0.39 is 5.82 Å². The lowest BCUT2D eigenvalue weighted by Crippen LogP contribution is -2.05. The van der Waals surface area contributed by atoms with Gasteiger partial charge in [-0.1, -0.05) is 6.07 Å². The highest BCUT2D eigenvalue weighted by atomic mass is 19.1. The highest BCUT2D eigenvalue weighted by Gasteiger charge is 2.20. The predicted octanol–water partition coefficient (Wildman–Crippen LogP) is 3.10. The molecule has 1 aliphatic heterocycles. The first kappa shape index (κ1) is 18.9. The Kier molecular flexibility index (Phi) is 4.46. The third kappa shape index (κ3) is 3.31. The minimum absolute atomic E-state index is 0.212. The molecule has 2 aromatic heterocycles. The fourth-order valence-electron chi connectivity index (χ4n) is 3.44. The maximum Gasteiger partial charge on any atom is 0.231 e. The molecule has 0 atom stereocenters. The number of methoxy groups -OCH3 is 1. The number of aromatic nitrogens is 4. The molecule has 10 heteroatoms. The topological polar surface area (TPSA) is 109 Å². The molecule has 0 unspecified atom stereocenters. The van der Waals surface area contributed by atoms with Crippen molar-refractivity contribution in [3.05, 3.63) is 47.8 Å². The molecule has 3 N–H and O–H groups in total. The monoisotopic (exact) mass is 422 g/mol. The molecule has 5 rings (SSSR count). The van der Waals surface area contributed by atoms with Gasteiger partial charge in [0, 0.05) is 25.2 Å². The Labute approximate surface area is 176 Å². The molecule has 0 aliphatic carbocycles. The minimum Gasteiger partial charge on any atom is -0.497 e. The van der Waals surface area contributed by atoms with E-state index in [-0.39, 0.29) is 12.4 Å². The zero-order valence-electron chi connectivity index (χ0n) is 16.8. The number of rotatable bonds is 5. The van der Waals surface area contributed by atoms with Crippen molar-refractivity contribution < 1.29 is 18.6 Å². The number of ether oxygens (including phenoxy) is 3. The summed E-state index contributed by atoms with van der Waals surface area (Å²) in [6.07, 6.45) is 0. The molecule has 3 heterocycles. The number of nitrogens with zero attached hydrogens (tertiary/aromatic N) is 4. The highest BCUT2D eigenvalue weighted by molar-refractivity contribution is 5.99. The SMILES string of the molecule is COc1ccc(-c2nc(NCc3ccc4c(c3)OCO4)nc3nn(C)c(N)c23)c(F)c1. The molecule has 0 fully saturated rings. The van der Waals surface area contributed by atoms with E-state index in [1.165, 1.54) is 17.9 Å². The first-order valence-electron chi connectivity index (χ1n) is 9.50. The molecule has 0 bridgehead atoms. The van der Waals surface area contributed by atoms with Crippen LogP contribution in [0.25, 0.3) is 22.3 Å². The van der Waals surface area contributed by atoms with E-state index in [1.54, 1.807) is 19.2 Å². The predicted molar refractivity (Wildman–Crippen MR) is 113 cm³/mol. The highest BCUT2D eigenvalue weighted by Crippen LogP contribution is 2.35.